The SMILES string of the molecule is Oc1ccccc1S.[Ni]. The van der Waals surface area contributed by atoms with Gasteiger partial charge in [0.1, 0.15) is 5.75 Å². The van der Waals surface area contributed by atoms with Crippen LogP contribution in [0.5, 0.6) is 5.75 Å². The minimum Gasteiger partial charge on any atom is -0.507 e. The molecular formula is C6H6NiOS. The van der Waals surface area contributed by atoms with E-state index in [9.17, 15) is 0 Å². The zero-order valence-electron chi connectivity index (χ0n) is 4.52. The Labute approximate surface area is 69.4 Å². The molecule has 0 atom stereocenters. The van der Waals surface area contributed by atoms with Gasteiger partial charge in [-0.25, -0.2) is 0 Å². The van der Waals surface area contributed by atoms with Crippen LogP contribution in [0, 0.1) is 0 Å². The van der Waals surface area contributed by atoms with Gasteiger partial charge in [-0.05, 0) is 12.1 Å². The summed E-state index contributed by atoms with van der Waals surface area (Å²) in [5.41, 5.74) is 0. The summed E-state index contributed by atoms with van der Waals surface area (Å²) in [6, 6.07) is 6.91. The molecule has 1 rings (SSSR count). The number of para-hydroxylation sites is 1. The van der Waals surface area contributed by atoms with Crippen molar-refractivity contribution in [3.8, 4) is 5.75 Å². The number of rotatable bonds is 0. The van der Waals surface area contributed by atoms with E-state index in [-0.39, 0.29) is 22.2 Å². The summed E-state index contributed by atoms with van der Waals surface area (Å²) in [4.78, 5) is 0.618. The summed E-state index contributed by atoms with van der Waals surface area (Å²) in [6.07, 6.45) is 0. The van der Waals surface area contributed by atoms with Gasteiger partial charge in [-0.15, -0.1) is 12.6 Å². The molecule has 0 saturated heterocycles. The van der Waals surface area contributed by atoms with Gasteiger partial charge in [0.05, 0.1) is 0 Å². The Balaban J connectivity index is 0.000000640. The molecular weight excluding hydrogens is 179 g/mol. The van der Waals surface area contributed by atoms with E-state index in [1.807, 2.05) is 6.07 Å². The van der Waals surface area contributed by atoms with Crippen molar-refractivity contribution >= 4 is 12.6 Å². The minimum absolute atomic E-state index is 0. The van der Waals surface area contributed by atoms with Crippen molar-refractivity contribution in [1.82, 2.24) is 0 Å². The molecule has 9 heavy (non-hydrogen) atoms. The number of phenolic OH excluding ortho intramolecular Hbond substituents is 1. The molecule has 0 bridgehead atoms. The van der Waals surface area contributed by atoms with Crippen LogP contribution in [-0.2, 0) is 16.5 Å². The van der Waals surface area contributed by atoms with E-state index in [0.29, 0.717) is 4.90 Å². The standard InChI is InChI=1S/C6H6OS.Ni/c7-5-3-1-2-4-6(5)8;/h1-4,7-8H;. The number of aromatic hydroxyl groups is 1. The maximum atomic E-state index is 8.84. The molecule has 1 N–H and O–H groups in total. The van der Waals surface area contributed by atoms with Gasteiger partial charge in [0.25, 0.3) is 0 Å². The molecule has 0 saturated carbocycles. The molecule has 0 radical (unpaired) electrons. The summed E-state index contributed by atoms with van der Waals surface area (Å²) < 4.78 is 0. The van der Waals surface area contributed by atoms with E-state index in [1.165, 1.54) is 0 Å². The first-order valence-electron chi connectivity index (χ1n) is 2.27. The van der Waals surface area contributed by atoms with Crippen molar-refractivity contribution < 1.29 is 21.6 Å². The molecule has 0 fully saturated rings. The largest absolute Gasteiger partial charge is 0.507 e. The first-order chi connectivity index (χ1) is 3.80. The van der Waals surface area contributed by atoms with Crippen LogP contribution in [0.2, 0.25) is 0 Å². The molecule has 0 spiro atoms. The molecule has 0 unspecified atom stereocenters. The first-order valence-corrected chi connectivity index (χ1v) is 2.72. The molecule has 3 heteroatoms. The number of benzene rings is 1. The van der Waals surface area contributed by atoms with E-state index in [0.717, 1.165) is 0 Å². The van der Waals surface area contributed by atoms with E-state index in [2.05, 4.69) is 12.6 Å². The summed E-state index contributed by atoms with van der Waals surface area (Å²) in [7, 11) is 0. The molecule has 0 aliphatic carbocycles. The first kappa shape index (κ1) is 8.86. The van der Waals surface area contributed by atoms with Crippen molar-refractivity contribution in [2.75, 3.05) is 0 Å². The Hall–Kier alpha value is -0.136. The van der Waals surface area contributed by atoms with E-state index < -0.39 is 0 Å². The molecule has 0 aliphatic rings. The summed E-state index contributed by atoms with van der Waals surface area (Å²) in [5, 5.41) is 8.84. The third kappa shape index (κ3) is 2.29. The van der Waals surface area contributed by atoms with Crippen LogP contribution in [-0.4, -0.2) is 5.11 Å². The van der Waals surface area contributed by atoms with Gasteiger partial charge >= 0.3 is 0 Å². The molecule has 0 amide bonds. The predicted octanol–water partition coefficient (Wildman–Crippen LogP) is 1.68. The molecule has 0 heterocycles. The van der Waals surface area contributed by atoms with Crippen LogP contribution < -0.4 is 0 Å². The average molecular weight is 185 g/mol. The Morgan fingerprint density at radius 3 is 2.11 bits per heavy atom. The zero-order chi connectivity index (χ0) is 5.98. The molecule has 1 nitrogen and oxygen atoms in total. The normalized spacial score (nSPS) is 8.11. The Bertz CT molecular complexity index is 169. The van der Waals surface area contributed by atoms with Crippen molar-refractivity contribution in [2.24, 2.45) is 0 Å². The molecule has 52 valence electrons. The van der Waals surface area contributed by atoms with Crippen molar-refractivity contribution in [3.63, 3.8) is 0 Å². The van der Waals surface area contributed by atoms with Crippen LogP contribution in [0.15, 0.2) is 29.2 Å². The van der Waals surface area contributed by atoms with Crippen LogP contribution >= 0.6 is 12.6 Å². The Morgan fingerprint density at radius 1 is 1.22 bits per heavy atom. The van der Waals surface area contributed by atoms with Crippen molar-refractivity contribution in [2.45, 2.75) is 4.90 Å². The van der Waals surface area contributed by atoms with Gasteiger partial charge in [0.2, 0.25) is 0 Å². The second-order valence-corrected chi connectivity index (χ2v) is 1.97. The van der Waals surface area contributed by atoms with Crippen molar-refractivity contribution in [3.05, 3.63) is 24.3 Å². The van der Waals surface area contributed by atoms with Gasteiger partial charge < -0.3 is 5.11 Å². The number of hydrogen-bond acceptors (Lipinski definition) is 2. The second kappa shape index (κ2) is 3.81. The Morgan fingerprint density at radius 2 is 1.78 bits per heavy atom. The number of thiol groups is 1. The predicted molar refractivity (Wildman–Crippen MR) is 35.4 cm³/mol. The fourth-order valence-corrected chi connectivity index (χ4v) is 0.625. The molecule has 1 aromatic rings. The van der Waals surface area contributed by atoms with E-state index >= 15 is 0 Å². The smallest absolute Gasteiger partial charge is 0.128 e. The van der Waals surface area contributed by atoms with Gasteiger partial charge in [-0.3, -0.25) is 0 Å². The third-order valence-electron chi connectivity index (χ3n) is 0.882. The summed E-state index contributed by atoms with van der Waals surface area (Å²) in [5.74, 6) is 0.232. The molecule has 1 aromatic carbocycles. The van der Waals surface area contributed by atoms with Gasteiger partial charge in [-0.2, -0.15) is 0 Å². The van der Waals surface area contributed by atoms with Gasteiger partial charge in [0.15, 0.2) is 0 Å². The summed E-state index contributed by atoms with van der Waals surface area (Å²) >= 11 is 3.95. The Kier molecular flexibility index (Phi) is 3.75. The van der Waals surface area contributed by atoms with Crippen LogP contribution in [0.4, 0.5) is 0 Å². The summed E-state index contributed by atoms with van der Waals surface area (Å²) in [6.45, 7) is 0. The monoisotopic (exact) mass is 184 g/mol. The molecule has 0 aromatic heterocycles. The molecule has 0 aliphatic heterocycles. The number of phenols is 1. The minimum atomic E-state index is 0. The topological polar surface area (TPSA) is 20.2 Å². The average Bonchev–Trinajstić information content (AvgIpc) is 1.77. The zero-order valence-corrected chi connectivity index (χ0v) is 6.40. The maximum absolute atomic E-state index is 8.84. The maximum Gasteiger partial charge on any atom is 0.128 e. The van der Waals surface area contributed by atoms with Crippen LogP contribution in [0.3, 0.4) is 0 Å². The van der Waals surface area contributed by atoms with E-state index in [4.69, 9.17) is 5.11 Å². The third-order valence-corrected chi connectivity index (χ3v) is 1.26. The van der Waals surface area contributed by atoms with Gasteiger partial charge in [0, 0.05) is 21.4 Å². The van der Waals surface area contributed by atoms with E-state index in [1.54, 1.807) is 18.2 Å². The van der Waals surface area contributed by atoms with Gasteiger partial charge in [-0.1, -0.05) is 12.1 Å². The second-order valence-electron chi connectivity index (χ2n) is 1.49. The van der Waals surface area contributed by atoms with Crippen LogP contribution in [0.25, 0.3) is 0 Å². The fraction of sp³-hybridized carbons (Fsp3) is 0. The quantitative estimate of drug-likeness (QED) is 0.465. The fourth-order valence-electron chi connectivity index (χ4n) is 0.464. The van der Waals surface area contributed by atoms with Crippen molar-refractivity contribution in [1.29, 1.82) is 0 Å². The van der Waals surface area contributed by atoms with Crippen LogP contribution in [0.1, 0.15) is 0 Å². The number of hydrogen-bond donors (Lipinski definition) is 2.